The van der Waals surface area contributed by atoms with Crippen LogP contribution in [0, 0.1) is 13.8 Å². The van der Waals surface area contributed by atoms with E-state index in [0.29, 0.717) is 88.7 Å². The molecule has 0 radical (unpaired) electrons. The molecule has 2 aliphatic heterocycles. The van der Waals surface area contributed by atoms with Crippen LogP contribution < -0.4 is 10.6 Å². The molecule has 3 heterocycles. The van der Waals surface area contributed by atoms with Crippen molar-refractivity contribution in [2.75, 3.05) is 65.9 Å². The van der Waals surface area contributed by atoms with Crippen molar-refractivity contribution in [3.05, 3.63) is 53.0 Å². The maximum absolute atomic E-state index is 15.5. The van der Waals surface area contributed by atoms with Gasteiger partial charge in [0.2, 0.25) is 5.91 Å². The molecule has 4 rings (SSSR count). The number of aryl methyl sites for hydroxylation is 2. The lowest BCUT2D eigenvalue weighted by molar-refractivity contribution is -0.362. The summed E-state index contributed by atoms with van der Waals surface area (Å²) >= 11 is 0. The Kier molecular flexibility index (Phi) is 14.7. The molecule has 0 saturated heterocycles. The Hall–Kier alpha value is -3.33. The van der Waals surface area contributed by atoms with Crippen LogP contribution in [0.15, 0.2) is 36.1 Å². The topological polar surface area (TPSA) is 112 Å². The first kappa shape index (κ1) is 36.5. The number of carbonyl (C=O) groups excluding carboxylic acids is 2. The third kappa shape index (κ3) is 11.1. The van der Waals surface area contributed by atoms with Crippen molar-refractivity contribution in [2.24, 2.45) is 0 Å². The Morgan fingerprint density at radius 3 is 2.23 bits per heavy atom. The number of rotatable bonds is 19. The molecule has 1 aliphatic carbocycles. The minimum Gasteiger partial charge on any atom is -0.446 e. The Balaban J connectivity index is 0.935. The van der Waals surface area contributed by atoms with E-state index in [4.69, 9.17) is 23.7 Å². The van der Waals surface area contributed by atoms with E-state index in [0.717, 1.165) is 46.6 Å². The first-order chi connectivity index (χ1) is 22.8. The summed E-state index contributed by atoms with van der Waals surface area (Å²) in [6, 6.07) is 1.77. The molecule has 1 unspecified atom stereocenters. The highest BCUT2D eigenvalue weighted by atomic mass is 19.2. The van der Waals surface area contributed by atoms with E-state index in [2.05, 4.69) is 22.8 Å². The van der Waals surface area contributed by atoms with Crippen molar-refractivity contribution in [2.45, 2.75) is 64.9 Å². The van der Waals surface area contributed by atoms with Crippen molar-refractivity contribution in [3.8, 4) is 0 Å². The summed E-state index contributed by atoms with van der Waals surface area (Å²) in [5.41, 5.74) is 2.75. The van der Waals surface area contributed by atoms with E-state index in [1.54, 1.807) is 31.2 Å². The number of nitrogens with one attached hydrogen (secondary N) is 2. The minimum absolute atomic E-state index is 0.0271. The molecule has 0 saturated carbocycles. The molecule has 47 heavy (non-hydrogen) atoms. The Labute approximate surface area is 276 Å². The van der Waals surface area contributed by atoms with Gasteiger partial charge in [0.1, 0.15) is 11.8 Å². The Morgan fingerprint density at radius 2 is 1.53 bits per heavy atom. The Morgan fingerprint density at radius 1 is 0.894 bits per heavy atom. The fraction of sp³-hybridized carbons (Fsp3) is 0.606. The van der Waals surface area contributed by atoms with Gasteiger partial charge in [-0.3, -0.25) is 4.79 Å². The third-order valence-corrected chi connectivity index (χ3v) is 8.21. The smallest absolute Gasteiger partial charge is 0.446 e. The molecule has 1 aromatic heterocycles. The summed E-state index contributed by atoms with van der Waals surface area (Å²) in [5, 5.41) is 5.49. The van der Waals surface area contributed by atoms with Gasteiger partial charge < -0.3 is 51.9 Å². The molecule has 11 nitrogen and oxygen atoms in total. The van der Waals surface area contributed by atoms with Crippen molar-refractivity contribution in [3.63, 3.8) is 0 Å². The second kappa shape index (κ2) is 18.9. The summed E-state index contributed by atoms with van der Waals surface area (Å²) in [5.74, 6) is -0.220. The number of aromatic nitrogens is 1. The molecule has 2 N–H and O–H groups in total. The van der Waals surface area contributed by atoms with Crippen LogP contribution in [0.25, 0.3) is 6.08 Å². The SMILES string of the molecule is Cc1cc(C)n2c1C=C1C=CC(CCC(=O)NCCOCCOCCOCCOCCNC(=O)OC3CC/C=C\CCC3)=[N+]1[B-]2(F)F. The van der Waals surface area contributed by atoms with Gasteiger partial charge in [-0.05, 0) is 63.3 Å². The van der Waals surface area contributed by atoms with Gasteiger partial charge in [-0.1, -0.05) is 12.2 Å². The molecule has 260 valence electrons. The van der Waals surface area contributed by atoms with Gasteiger partial charge in [0.25, 0.3) is 0 Å². The number of amides is 2. The number of fused-ring (bicyclic) bond motifs is 2. The fourth-order valence-corrected chi connectivity index (χ4v) is 5.91. The highest BCUT2D eigenvalue weighted by Crippen LogP contribution is 2.34. The van der Waals surface area contributed by atoms with Gasteiger partial charge in [-0.25, -0.2) is 4.79 Å². The van der Waals surface area contributed by atoms with Gasteiger partial charge in [0, 0.05) is 49.9 Å². The van der Waals surface area contributed by atoms with E-state index < -0.39 is 13.1 Å². The zero-order chi connectivity index (χ0) is 33.5. The van der Waals surface area contributed by atoms with Crippen LogP contribution in [0.2, 0.25) is 0 Å². The molecular weight excluding hydrogens is 613 g/mol. The average Bonchev–Trinajstić information content (AvgIpc) is 3.57. The summed E-state index contributed by atoms with van der Waals surface area (Å²) < 4.78 is 60.5. The zero-order valence-corrected chi connectivity index (χ0v) is 27.6. The quantitative estimate of drug-likeness (QED) is 0.129. The summed E-state index contributed by atoms with van der Waals surface area (Å²) in [4.78, 5) is 24.3. The maximum Gasteiger partial charge on any atom is 0.737 e. The van der Waals surface area contributed by atoms with Crippen LogP contribution in [0.4, 0.5) is 13.4 Å². The van der Waals surface area contributed by atoms with Crippen LogP contribution in [0.1, 0.15) is 61.9 Å². The van der Waals surface area contributed by atoms with Gasteiger partial charge in [0.15, 0.2) is 5.70 Å². The standard InChI is InChI=1S/C33H49BF2N4O7/c1-26-24-27(2)39-31(26)25-29-11-10-28(40(29)34(39,35)36)12-13-32(41)37-14-16-43-18-20-45-22-23-46-21-19-44-17-15-38-33(42)47-30-8-6-4-3-5-7-9-30/h3-4,10-11,24-25,30H,5-9,12-23H2,1-2H3,(H,37,41)(H,38,42)/b4-3-. The second-order valence-corrected chi connectivity index (χ2v) is 11.8. The zero-order valence-electron chi connectivity index (χ0n) is 27.6. The number of alkyl carbamates (subject to hydrolysis) is 1. The van der Waals surface area contributed by atoms with Crippen molar-refractivity contribution < 1.29 is 46.4 Å². The lowest BCUT2D eigenvalue weighted by Gasteiger charge is -2.30. The fourth-order valence-electron chi connectivity index (χ4n) is 5.91. The monoisotopic (exact) mass is 662 g/mol. The van der Waals surface area contributed by atoms with Crippen molar-refractivity contribution >= 4 is 30.8 Å². The molecule has 0 aromatic carbocycles. The number of carbonyl (C=O) groups is 2. The second-order valence-electron chi connectivity index (χ2n) is 11.8. The molecule has 0 bridgehead atoms. The normalized spacial score (nSPS) is 19.0. The average molecular weight is 663 g/mol. The van der Waals surface area contributed by atoms with Crippen LogP contribution in [0.3, 0.4) is 0 Å². The Bertz CT molecular complexity index is 1330. The lowest BCUT2D eigenvalue weighted by Crippen LogP contribution is -2.50. The maximum atomic E-state index is 15.5. The highest BCUT2D eigenvalue weighted by molar-refractivity contribution is 6.58. The van der Waals surface area contributed by atoms with Crippen molar-refractivity contribution in [1.82, 2.24) is 15.1 Å². The van der Waals surface area contributed by atoms with Crippen LogP contribution in [-0.2, 0) is 28.5 Å². The molecular formula is C33H49BF2N4O7. The van der Waals surface area contributed by atoms with E-state index in [9.17, 15) is 9.59 Å². The van der Waals surface area contributed by atoms with Crippen LogP contribution in [0.5, 0.6) is 0 Å². The minimum atomic E-state index is -4.03. The summed E-state index contributed by atoms with van der Waals surface area (Å²) in [7, 11) is 0. The van der Waals surface area contributed by atoms with Gasteiger partial charge in [-0.15, -0.1) is 0 Å². The number of hydrogen-bond acceptors (Lipinski definition) is 7. The van der Waals surface area contributed by atoms with Gasteiger partial charge in [-0.2, -0.15) is 0 Å². The molecule has 0 spiro atoms. The number of ether oxygens (including phenoxy) is 5. The molecule has 1 aromatic rings. The molecule has 3 aliphatic rings. The highest BCUT2D eigenvalue weighted by Gasteiger charge is 2.52. The van der Waals surface area contributed by atoms with E-state index in [-0.39, 0.29) is 24.9 Å². The summed E-state index contributed by atoms with van der Waals surface area (Å²) in [6.07, 6.45) is 14.1. The predicted molar refractivity (Wildman–Crippen MR) is 176 cm³/mol. The summed E-state index contributed by atoms with van der Waals surface area (Å²) in [6.45, 7) is 3.31. The number of allylic oxidation sites excluding steroid dienone is 4. The van der Waals surface area contributed by atoms with Crippen molar-refractivity contribution in [1.29, 1.82) is 0 Å². The van der Waals surface area contributed by atoms with E-state index in [1.807, 2.05) is 6.92 Å². The number of halogens is 2. The van der Waals surface area contributed by atoms with Gasteiger partial charge >= 0.3 is 13.1 Å². The number of hydrogen-bond donors (Lipinski definition) is 2. The molecule has 14 heteroatoms. The van der Waals surface area contributed by atoms with Crippen LogP contribution in [-0.4, -0.2) is 106 Å². The largest absolute Gasteiger partial charge is 0.737 e. The van der Waals surface area contributed by atoms with Gasteiger partial charge in [0.05, 0.1) is 52.9 Å². The van der Waals surface area contributed by atoms with E-state index >= 15 is 8.63 Å². The molecule has 0 fully saturated rings. The first-order valence-corrected chi connectivity index (χ1v) is 16.7. The lowest BCUT2D eigenvalue weighted by atomic mass is 9.90. The van der Waals surface area contributed by atoms with Crippen LogP contribution >= 0.6 is 0 Å². The molecule has 2 amide bonds. The predicted octanol–water partition coefficient (Wildman–Crippen LogP) is 4.28. The van der Waals surface area contributed by atoms with E-state index in [1.165, 1.54) is 0 Å². The third-order valence-electron chi connectivity index (χ3n) is 8.21. The first-order valence-electron chi connectivity index (χ1n) is 16.7. The molecule has 1 atom stereocenters. The number of nitrogens with zero attached hydrogens (tertiary/aromatic N) is 2.